The topological polar surface area (TPSA) is 79.7 Å². The van der Waals surface area contributed by atoms with Crippen LogP contribution in [0.25, 0.3) is 16.0 Å². The van der Waals surface area contributed by atoms with Gasteiger partial charge in [0.15, 0.2) is 5.13 Å². The molecular weight excluding hydrogens is 543 g/mol. The zero-order valence-electron chi connectivity index (χ0n) is 18.7. The largest absolute Gasteiger partial charge is 0.507 e. The van der Waals surface area contributed by atoms with Gasteiger partial charge in [-0.05, 0) is 67.1 Å². The summed E-state index contributed by atoms with van der Waals surface area (Å²) in [5.41, 5.74) is 1.39. The lowest BCUT2D eigenvalue weighted by Crippen LogP contribution is -2.29. The number of aliphatic hydroxyl groups is 1. The van der Waals surface area contributed by atoms with Gasteiger partial charge in [-0.15, -0.1) is 0 Å². The van der Waals surface area contributed by atoms with Crippen molar-refractivity contribution in [2.45, 2.75) is 13.0 Å². The van der Waals surface area contributed by atoms with Crippen molar-refractivity contribution < 1.29 is 19.4 Å². The van der Waals surface area contributed by atoms with Crippen LogP contribution >= 0.6 is 46.1 Å². The number of aliphatic hydroxyl groups excluding tert-OH is 1. The van der Waals surface area contributed by atoms with Gasteiger partial charge in [-0.2, -0.15) is 0 Å². The Bertz CT molecular complexity index is 1550. The second kappa shape index (κ2) is 9.75. The van der Waals surface area contributed by atoms with Crippen molar-refractivity contribution in [1.82, 2.24) is 4.98 Å². The smallest absolute Gasteiger partial charge is 0.301 e. The number of anilines is 1. The summed E-state index contributed by atoms with van der Waals surface area (Å²) < 4.78 is 6.36. The van der Waals surface area contributed by atoms with Crippen LogP contribution in [0.5, 0.6) is 5.75 Å². The molecule has 1 fully saturated rings. The van der Waals surface area contributed by atoms with Crippen molar-refractivity contribution in [3.8, 4) is 5.75 Å². The van der Waals surface area contributed by atoms with Crippen molar-refractivity contribution in [2.75, 3.05) is 11.5 Å². The lowest BCUT2D eigenvalue weighted by molar-refractivity contribution is -0.132. The first-order valence-electron chi connectivity index (χ1n) is 10.8. The standard InChI is InChI=1S/C26H17Cl3N2O4S/c1-2-35-16-8-10-19-20(12-16)36-26(30-19)31-22(14-5-9-17(28)18(29)11-14)21(24(33)25(31)34)23(32)13-3-6-15(27)7-4-13/h3-12,22,32H,2H2,1H3. The van der Waals surface area contributed by atoms with Crippen LogP contribution in [0, 0.1) is 0 Å². The molecule has 2 heterocycles. The SMILES string of the molecule is CCOc1ccc2nc(N3C(=O)C(=O)C(=C(O)c4ccc(Cl)cc4)C3c3ccc(Cl)c(Cl)c3)sc2c1. The second-order valence-corrected chi connectivity index (χ2v) is 10.2. The molecule has 1 aromatic heterocycles. The van der Waals surface area contributed by atoms with E-state index in [-0.39, 0.29) is 16.4 Å². The molecule has 1 aliphatic rings. The number of aromatic nitrogens is 1. The zero-order chi connectivity index (χ0) is 25.6. The average Bonchev–Trinajstić information content (AvgIpc) is 3.39. The van der Waals surface area contributed by atoms with E-state index in [1.54, 1.807) is 54.6 Å². The fourth-order valence-corrected chi connectivity index (χ4v) is 5.50. The maximum Gasteiger partial charge on any atom is 0.301 e. The predicted octanol–water partition coefficient (Wildman–Crippen LogP) is 7.28. The first-order valence-corrected chi connectivity index (χ1v) is 12.8. The molecule has 0 aliphatic carbocycles. The van der Waals surface area contributed by atoms with E-state index in [1.807, 2.05) is 13.0 Å². The lowest BCUT2D eigenvalue weighted by Gasteiger charge is -2.23. The third kappa shape index (κ3) is 4.33. The van der Waals surface area contributed by atoms with Crippen LogP contribution in [0.3, 0.4) is 0 Å². The highest BCUT2D eigenvalue weighted by molar-refractivity contribution is 7.22. The minimum atomic E-state index is -0.984. The highest BCUT2D eigenvalue weighted by Gasteiger charge is 2.48. The summed E-state index contributed by atoms with van der Waals surface area (Å²) in [6.07, 6.45) is 0. The molecule has 0 radical (unpaired) electrons. The molecule has 1 unspecified atom stereocenters. The quantitative estimate of drug-likeness (QED) is 0.158. The number of hydrogen-bond acceptors (Lipinski definition) is 6. The molecule has 182 valence electrons. The molecule has 0 bridgehead atoms. The minimum Gasteiger partial charge on any atom is -0.507 e. The summed E-state index contributed by atoms with van der Waals surface area (Å²) in [5, 5.41) is 12.5. The molecule has 4 aromatic rings. The van der Waals surface area contributed by atoms with Crippen molar-refractivity contribution in [3.05, 3.63) is 92.4 Å². The van der Waals surface area contributed by atoms with Gasteiger partial charge in [-0.1, -0.05) is 52.2 Å². The molecular formula is C26H17Cl3N2O4S. The van der Waals surface area contributed by atoms with Gasteiger partial charge >= 0.3 is 5.91 Å². The Balaban J connectivity index is 1.71. The number of rotatable bonds is 5. The van der Waals surface area contributed by atoms with E-state index in [2.05, 4.69) is 4.98 Å². The first kappa shape index (κ1) is 24.6. The molecule has 5 rings (SSSR count). The fraction of sp³-hybridized carbons (Fsp3) is 0.115. The summed E-state index contributed by atoms with van der Waals surface area (Å²) in [7, 11) is 0. The molecule has 36 heavy (non-hydrogen) atoms. The highest BCUT2D eigenvalue weighted by Crippen LogP contribution is 2.45. The summed E-state index contributed by atoms with van der Waals surface area (Å²) >= 11 is 19.6. The maximum absolute atomic E-state index is 13.4. The number of amides is 1. The number of carbonyl (C=O) groups excluding carboxylic acids is 2. The Labute approximate surface area is 225 Å². The molecule has 10 heteroatoms. The van der Waals surface area contributed by atoms with Crippen molar-refractivity contribution in [1.29, 1.82) is 0 Å². The van der Waals surface area contributed by atoms with Gasteiger partial charge in [-0.25, -0.2) is 4.98 Å². The zero-order valence-corrected chi connectivity index (χ0v) is 21.8. The Hall–Kier alpha value is -3.10. The number of benzene rings is 3. The van der Waals surface area contributed by atoms with Crippen LogP contribution in [0.15, 0.2) is 66.2 Å². The highest BCUT2D eigenvalue weighted by atomic mass is 35.5. The van der Waals surface area contributed by atoms with E-state index in [1.165, 1.54) is 16.2 Å². The molecule has 1 aliphatic heterocycles. The van der Waals surface area contributed by atoms with Gasteiger partial charge in [0, 0.05) is 10.6 Å². The molecule has 1 amide bonds. The lowest BCUT2D eigenvalue weighted by atomic mass is 9.95. The molecule has 0 spiro atoms. The normalized spacial score (nSPS) is 17.2. The average molecular weight is 560 g/mol. The Kier molecular flexibility index (Phi) is 6.66. The van der Waals surface area contributed by atoms with Crippen molar-refractivity contribution in [3.63, 3.8) is 0 Å². The fourth-order valence-electron chi connectivity index (χ4n) is 4.04. The summed E-state index contributed by atoms with van der Waals surface area (Å²) in [6.45, 7) is 2.40. The van der Waals surface area contributed by atoms with Gasteiger partial charge in [-0.3, -0.25) is 14.5 Å². The number of nitrogens with zero attached hydrogens (tertiary/aromatic N) is 2. The van der Waals surface area contributed by atoms with Crippen LogP contribution in [0.1, 0.15) is 24.1 Å². The number of Topliss-reactive ketones (excluding diaryl/α,β-unsaturated/α-hetero) is 1. The molecule has 3 aromatic carbocycles. The van der Waals surface area contributed by atoms with Gasteiger partial charge in [0.25, 0.3) is 5.78 Å². The second-order valence-electron chi connectivity index (χ2n) is 7.91. The summed E-state index contributed by atoms with van der Waals surface area (Å²) in [4.78, 5) is 32.6. The molecule has 6 nitrogen and oxygen atoms in total. The van der Waals surface area contributed by atoms with Gasteiger partial charge in [0.2, 0.25) is 0 Å². The molecule has 1 N–H and O–H groups in total. The van der Waals surface area contributed by atoms with Crippen LogP contribution < -0.4 is 9.64 Å². The Morgan fingerprint density at radius 2 is 1.78 bits per heavy atom. The minimum absolute atomic E-state index is 0.0880. The monoisotopic (exact) mass is 558 g/mol. The van der Waals surface area contributed by atoms with E-state index < -0.39 is 17.7 Å². The summed E-state index contributed by atoms with van der Waals surface area (Å²) in [6, 6.07) is 15.6. The number of ketones is 1. The molecule has 1 saturated heterocycles. The third-order valence-electron chi connectivity index (χ3n) is 5.69. The van der Waals surface area contributed by atoms with Gasteiger partial charge in [0.1, 0.15) is 11.5 Å². The Morgan fingerprint density at radius 1 is 1.03 bits per heavy atom. The van der Waals surface area contributed by atoms with Gasteiger partial charge < -0.3 is 9.84 Å². The number of fused-ring (bicyclic) bond motifs is 1. The van der Waals surface area contributed by atoms with Crippen LogP contribution in [0.2, 0.25) is 15.1 Å². The Morgan fingerprint density at radius 3 is 2.47 bits per heavy atom. The number of halogens is 3. The molecule has 1 atom stereocenters. The maximum atomic E-state index is 13.4. The van der Waals surface area contributed by atoms with Gasteiger partial charge in [0.05, 0.1) is 38.5 Å². The summed E-state index contributed by atoms with van der Waals surface area (Å²) in [5.74, 6) is -1.31. The van der Waals surface area contributed by atoms with E-state index in [0.717, 1.165) is 4.70 Å². The van der Waals surface area contributed by atoms with E-state index >= 15 is 0 Å². The number of ether oxygens (including phenoxy) is 1. The van der Waals surface area contributed by atoms with Crippen LogP contribution in [0.4, 0.5) is 5.13 Å². The van der Waals surface area contributed by atoms with E-state index in [9.17, 15) is 14.7 Å². The van der Waals surface area contributed by atoms with Crippen LogP contribution in [-0.2, 0) is 9.59 Å². The third-order valence-corrected chi connectivity index (χ3v) is 7.70. The molecule has 0 saturated carbocycles. The number of carbonyl (C=O) groups is 2. The number of hydrogen-bond donors (Lipinski definition) is 1. The van der Waals surface area contributed by atoms with Crippen LogP contribution in [-0.4, -0.2) is 28.4 Å². The number of thiazole rings is 1. The van der Waals surface area contributed by atoms with Crippen molar-refractivity contribution in [2.24, 2.45) is 0 Å². The first-order chi connectivity index (χ1) is 17.3. The van der Waals surface area contributed by atoms with Crippen molar-refractivity contribution >= 4 is 78.9 Å². The van der Waals surface area contributed by atoms with E-state index in [4.69, 9.17) is 39.5 Å². The van der Waals surface area contributed by atoms with E-state index in [0.29, 0.717) is 44.2 Å². The predicted molar refractivity (Wildman–Crippen MR) is 143 cm³/mol.